The fourth-order valence-corrected chi connectivity index (χ4v) is 1.61. The number of aromatic nitrogens is 2. The second-order valence-electron chi connectivity index (χ2n) is 4.02. The largest absolute Gasteiger partial charge is 0.480 e. The lowest BCUT2D eigenvalue weighted by molar-refractivity contribution is 0.265. The first-order valence-corrected chi connectivity index (χ1v) is 5.11. The Kier molecular flexibility index (Phi) is 2.73. The van der Waals surface area contributed by atoms with Crippen LogP contribution in [0, 0.1) is 0 Å². The average molecular weight is 208 g/mol. The predicted octanol–water partition coefficient (Wildman–Crippen LogP) is 0.778. The molecule has 0 amide bonds. The number of anilines is 1. The fourth-order valence-electron chi connectivity index (χ4n) is 1.61. The van der Waals surface area contributed by atoms with Gasteiger partial charge >= 0.3 is 0 Å². The van der Waals surface area contributed by atoms with Crippen LogP contribution in [0.25, 0.3) is 0 Å². The first-order valence-electron chi connectivity index (χ1n) is 5.11. The highest BCUT2D eigenvalue weighted by molar-refractivity contribution is 5.34. The molecule has 0 bridgehead atoms. The molecule has 1 aromatic heterocycles. The summed E-state index contributed by atoms with van der Waals surface area (Å²) in [6, 6.07) is 0. The van der Waals surface area contributed by atoms with Crippen LogP contribution in [0.3, 0.4) is 0 Å². The molecule has 1 aliphatic rings. The predicted molar refractivity (Wildman–Crippen MR) is 57.8 cm³/mol. The van der Waals surface area contributed by atoms with Gasteiger partial charge in [0.1, 0.15) is 5.82 Å². The molecule has 1 saturated carbocycles. The molecule has 1 aromatic rings. The van der Waals surface area contributed by atoms with Crippen molar-refractivity contribution in [2.24, 2.45) is 5.73 Å². The van der Waals surface area contributed by atoms with Gasteiger partial charge in [0.2, 0.25) is 5.88 Å². The van der Waals surface area contributed by atoms with Crippen molar-refractivity contribution in [3.63, 3.8) is 0 Å². The number of ether oxygens (including phenoxy) is 1. The average Bonchev–Trinajstić information content (AvgIpc) is 2.24. The van der Waals surface area contributed by atoms with Gasteiger partial charge in [0, 0.05) is 12.1 Å². The van der Waals surface area contributed by atoms with Crippen molar-refractivity contribution in [1.29, 1.82) is 0 Å². The van der Waals surface area contributed by atoms with Crippen molar-refractivity contribution >= 4 is 5.82 Å². The number of hydrogen-bond acceptors (Lipinski definition) is 5. The molecule has 5 heteroatoms. The number of methoxy groups -OCH3 is 1. The summed E-state index contributed by atoms with van der Waals surface area (Å²) >= 11 is 0. The van der Waals surface area contributed by atoms with E-state index < -0.39 is 0 Å². The number of hydrogen-bond donors (Lipinski definition) is 2. The van der Waals surface area contributed by atoms with E-state index in [9.17, 15) is 0 Å². The maximum absolute atomic E-state index is 6.08. The van der Waals surface area contributed by atoms with Crippen molar-refractivity contribution in [2.45, 2.75) is 24.8 Å². The van der Waals surface area contributed by atoms with Crippen LogP contribution in [-0.2, 0) is 0 Å². The van der Waals surface area contributed by atoms with Crippen LogP contribution in [0.2, 0.25) is 0 Å². The van der Waals surface area contributed by atoms with Crippen molar-refractivity contribution in [3.8, 4) is 5.88 Å². The first-order chi connectivity index (χ1) is 7.22. The highest BCUT2D eigenvalue weighted by atomic mass is 16.5. The molecular weight excluding hydrogens is 192 g/mol. The fraction of sp³-hybridized carbons (Fsp3) is 0.600. The molecule has 1 heterocycles. The zero-order valence-corrected chi connectivity index (χ0v) is 8.86. The molecule has 1 fully saturated rings. The lowest BCUT2D eigenvalue weighted by atomic mass is 9.78. The SMILES string of the molecule is COc1cncc(NCC2(N)CCC2)n1. The molecule has 3 N–H and O–H groups in total. The number of nitrogens with one attached hydrogen (secondary N) is 1. The monoisotopic (exact) mass is 208 g/mol. The second kappa shape index (κ2) is 4.02. The van der Waals surface area contributed by atoms with Crippen molar-refractivity contribution < 1.29 is 4.74 Å². The highest BCUT2D eigenvalue weighted by Crippen LogP contribution is 2.28. The Morgan fingerprint density at radius 2 is 2.33 bits per heavy atom. The van der Waals surface area contributed by atoms with E-state index in [1.165, 1.54) is 6.42 Å². The van der Waals surface area contributed by atoms with E-state index in [4.69, 9.17) is 10.5 Å². The maximum Gasteiger partial charge on any atom is 0.233 e. The summed E-state index contributed by atoms with van der Waals surface area (Å²) in [4.78, 5) is 8.21. The van der Waals surface area contributed by atoms with E-state index in [2.05, 4.69) is 15.3 Å². The molecule has 0 atom stereocenters. The van der Waals surface area contributed by atoms with Crippen molar-refractivity contribution in [2.75, 3.05) is 19.0 Å². The molecule has 82 valence electrons. The quantitative estimate of drug-likeness (QED) is 0.765. The summed E-state index contributed by atoms with van der Waals surface area (Å²) < 4.78 is 4.98. The summed E-state index contributed by atoms with van der Waals surface area (Å²) in [6.45, 7) is 0.745. The molecule has 0 aromatic carbocycles. The smallest absolute Gasteiger partial charge is 0.233 e. The Bertz CT molecular complexity index is 338. The Balaban J connectivity index is 1.92. The minimum absolute atomic E-state index is 0.0508. The first kappa shape index (κ1) is 10.2. The van der Waals surface area contributed by atoms with Gasteiger partial charge in [-0.25, -0.2) is 0 Å². The Hall–Kier alpha value is -1.36. The lowest BCUT2D eigenvalue weighted by Gasteiger charge is -2.38. The van der Waals surface area contributed by atoms with E-state index in [1.54, 1.807) is 19.5 Å². The van der Waals surface area contributed by atoms with Crippen LogP contribution in [0.5, 0.6) is 5.88 Å². The third-order valence-corrected chi connectivity index (χ3v) is 2.79. The summed E-state index contributed by atoms with van der Waals surface area (Å²) in [5, 5.41) is 3.18. The van der Waals surface area contributed by atoms with Crippen molar-refractivity contribution in [3.05, 3.63) is 12.4 Å². The van der Waals surface area contributed by atoms with E-state index in [0.29, 0.717) is 11.7 Å². The van der Waals surface area contributed by atoms with Crippen molar-refractivity contribution in [1.82, 2.24) is 9.97 Å². The molecule has 5 nitrogen and oxygen atoms in total. The third-order valence-electron chi connectivity index (χ3n) is 2.79. The van der Waals surface area contributed by atoms with Crippen LogP contribution in [0.1, 0.15) is 19.3 Å². The minimum atomic E-state index is -0.0508. The lowest BCUT2D eigenvalue weighted by Crippen LogP contribution is -2.52. The zero-order valence-electron chi connectivity index (χ0n) is 8.86. The number of nitrogens with two attached hydrogens (primary N) is 1. The van der Waals surface area contributed by atoms with Gasteiger partial charge in [-0.05, 0) is 19.3 Å². The molecule has 0 spiro atoms. The van der Waals surface area contributed by atoms with E-state index in [-0.39, 0.29) is 5.54 Å². The van der Waals surface area contributed by atoms with Crippen LogP contribution >= 0.6 is 0 Å². The van der Waals surface area contributed by atoms with Gasteiger partial charge in [-0.1, -0.05) is 0 Å². The van der Waals surface area contributed by atoms with Crippen LogP contribution < -0.4 is 15.8 Å². The highest BCUT2D eigenvalue weighted by Gasteiger charge is 2.32. The zero-order chi connectivity index (χ0) is 10.7. The molecular formula is C10H16N4O. The molecule has 0 saturated heterocycles. The Labute approximate surface area is 89.1 Å². The van der Waals surface area contributed by atoms with Gasteiger partial charge in [0.25, 0.3) is 0 Å². The summed E-state index contributed by atoms with van der Waals surface area (Å²) in [7, 11) is 1.57. The van der Waals surface area contributed by atoms with Crippen LogP contribution in [0.15, 0.2) is 12.4 Å². The van der Waals surface area contributed by atoms with Gasteiger partial charge in [-0.2, -0.15) is 4.98 Å². The number of nitrogens with zero attached hydrogens (tertiary/aromatic N) is 2. The molecule has 15 heavy (non-hydrogen) atoms. The van der Waals surface area contributed by atoms with Crippen LogP contribution in [-0.4, -0.2) is 29.2 Å². The van der Waals surface area contributed by atoms with Gasteiger partial charge in [-0.3, -0.25) is 4.98 Å². The summed E-state index contributed by atoms with van der Waals surface area (Å²) in [5.41, 5.74) is 6.03. The van der Waals surface area contributed by atoms with Gasteiger partial charge in [0.15, 0.2) is 0 Å². The standard InChI is InChI=1S/C10H16N4O/c1-15-9-6-12-5-8(14-9)13-7-10(11)3-2-4-10/h5-6H,2-4,7,11H2,1H3,(H,13,14). The maximum atomic E-state index is 6.08. The summed E-state index contributed by atoms with van der Waals surface area (Å²) in [6.07, 6.45) is 6.63. The van der Waals surface area contributed by atoms with E-state index in [1.807, 2.05) is 0 Å². The number of rotatable bonds is 4. The molecule has 2 rings (SSSR count). The molecule has 0 radical (unpaired) electrons. The van der Waals surface area contributed by atoms with Gasteiger partial charge in [-0.15, -0.1) is 0 Å². The third kappa shape index (κ3) is 2.36. The van der Waals surface area contributed by atoms with E-state index >= 15 is 0 Å². The Morgan fingerprint density at radius 3 is 2.93 bits per heavy atom. The summed E-state index contributed by atoms with van der Waals surface area (Å²) in [5.74, 6) is 1.23. The molecule has 0 unspecified atom stereocenters. The Morgan fingerprint density at radius 1 is 1.53 bits per heavy atom. The van der Waals surface area contributed by atoms with Crippen LogP contribution in [0.4, 0.5) is 5.82 Å². The van der Waals surface area contributed by atoms with Gasteiger partial charge in [0.05, 0.1) is 19.5 Å². The van der Waals surface area contributed by atoms with Gasteiger partial charge < -0.3 is 15.8 Å². The normalized spacial score (nSPS) is 18.0. The molecule has 1 aliphatic carbocycles. The van der Waals surface area contributed by atoms with E-state index in [0.717, 1.165) is 19.4 Å². The topological polar surface area (TPSA) is 73.1 Å². The minimum Gasteiger partial charge on any atom is -0.480 e. The molecule has 0 aliphatic heterocycles. The second-order valence-corrected chi connectivity index (χ2v) is 4.02.